The number of para-hydroxylation sites is 1. The number of anilines is 1. The Morgan fingerprint density at radius 3 is 2.53 bits per heavy atom. The van der Waals surface area contributed by atoms with Crippen molar-refractivity contribution in [1.82, 2.24) is 10.6 Å². The maximum atomic E-state index is 11.5. The zero-order valence-corrected chi connectivity index (χ0v) is 8.90. The van der Waals surface area contributed by atoms with Gasteiger partial charge in [0.1, 0.15) is 6.04 Å². The SMILES string of the molecule is O=C1CC(NC(=O)Nc2ccccc2)C(=O)N1. The molecular weight excluding hydrogens is 222 g/mol. The minimum atomic E-state index is -0.786. The summed E-state index contributed by atoms with van der Waals surface area (Å²) in [7, 11) is 0. The summed E-state index contributed by atoms with van der Waals surface area (Å²) in [5, 5.41) is 7.10. The van der Waals surface area contributed by atoms with Crippen molar-refractivity contribution in [3.8, 4) is 0 Å². The number of carbonyl (C=O) groups is 3. The fraction of sp³-hybridized carbons (Fsp3) is 0.182. The van der Waals surface area contributed by atoms with Crippen LogP contribution in [-0.4, -0.2) is 23.9 Å². The van der Waals surface area contributed by atoms with Gasteiger partial charge in [-0.05, 0) is 12.1 Å². The fourth-order valence-corrected chi connectivity index (χ4v) is 1.52. The van der Waals surface area contributed by atoms with Gasteiger partial charge in [0.25, 0.3) is 0 Å². The van der Waals surface area contributed by atoms with E-state index in [9.17, 15) is 14.4 Å². The summed E-state index contributed by atoms with van der Waals surface area (Å²) >= 11 is 0. The molecule has 17 heavy (non-hydrogen) atoms. The predicted molar refractivity (Wildman–Crippen MR) is 60.2 cm³/mol. The van der Waals surface area contributed by atoms with Crippen molar-refractivity contribution in [3.63, 3.8) is 0 Å². The van der Waals surface area contributed by atoms with Crippen molar-refractivity contribution < 1.29 is 14.4 Å². The Morgan fingerprint density at radius 2 is 1.94 bits per heavy atom. The summed E-state index contributed by atoms with van der Waals surface area (Å²) in [5.74, 6) is -0.849. The Labute approximate surface area is 97.4 Å². The van der Waals surface area contributed by atoms with Crippen molar-refractivity contribution in [2.24, 2.45) is 0 Å². The van der Waals surface area contributed by atoms with E-state index in [1.54, 1.807) is 24.3 Å². The second kappa shape index (κ2) is 4.65. The van der Waals surface area contributed by atoms with Crippen LogP contribution in [0, 0.1) is 0 Å². The second-order valence-electron chi connectivity index (χ2n) is 3.63. The molecule has 1 atom stereocenters. The summed E-state index contributed by atoms with van der Waals surface area (Å²) in [5.41, 5.74) is 0.620. The van der Waals surface area contributed by atoms with Crippen LogP contribution in [0.25, 0.3) is 0 Å². The van der Waals surface area contributed by atoms with Crippen molar-refractivity contribution >= 4 is 23.5 Å². The van der Waals surface area contributed by atoms with Gasteiger partial charge in [0.15, 0.2) is 0 Å². The average Bonchev–Trinajstić information content (AvgIpc) is 2.58. The minimum absolute atomic E-state index is 0.0129. The molecule has 0 aromatic heterocycles. The first-order chi connectivity index (χ1) is 8.15. The van der Waals surface area contributed by atoms with Crippen LogP contribution in [-0.2, 0) is 9.59 Å². The third-order valence-corrected chi connectivity index (χ3v) is 2.31. The molecule has 0 saturated carbocycles. The highest BCUT2D eigenvalue weighted by molar-refractivity contribution is 6.07. The summed E-state index contributed by atoms with van der Waals surface area (Å²) in [4.78, 5) is 33.6. The van der Waals surface area contributed by atoms with Crippen molar-refractivity contribution in [3.05, 3.63) is 30.3 Å². The average molecular weight is 233 g/mol. The maximum Gasteiger partial charge on any atom is 0.319 e. The topological polar surface area (TPSA) is 87.3 Å². The highest BCUT2D eigenvalue weighted by Gasteiger charge is 2.31. The monoisotopic (exact) mass is 233 g/mol. The lowest BCUT2D eigenvalue weighted by Crippen LogP contribution is -2.42. The molecule has 1 unspecified atom stereocenters. The number of urea groups is 1. The quantitative estimate of drug-likeness (QED) is 0.639. The van der Waals surface area contributed by atoms with Gasteiger partial charge in [0, 0.05) is 5.69 Å². The fourth-order valence-electron chi connectivity index (χ4n) is 1.52. The number of nitrogens with one attached hydrogen (secondary N) is 3. The van der Waals surface area contributed by atoms with E-state index in [2.05, 4.69) is 16.0 Å². The number of imide groups is 1. The van der Waals surface area contributed by atoms with Crippen LogP contribution in [0.2, 0.25) is 0 Å². The van der Waals surface area contributed by atoms with E-state index in [0.29, 0.717) is 5.69 Å². The first kappa shape index (κ1) is 11.1. The van der Waals surface area contributed by atoms with Gasteiger partial charge >= 0.3 is 6.03 Å². The lowest BCUT2D eigenvalue weighted by molar-refractivity contribution is -0.125. The Morgan fingerprint density at radius 1 is 1.24 bits per heavy atom. The minimum Gasteiger partial charge on any atom is -0.326 e. The largest absolute Gasteiger partial charge is 0.326 e. The molecule has 0 radical (unpaired) electrons. The van der Waals surface area contributed by atoms with Crippen molar-refractivity contribution in [1.29, 1.82) is 0 Å². The predicted octanol–water partition coefficient (Wildman–Crippen LogP) is 0.223. The molecule has 0 spiro atoms. The van der Waals surface area contributed by atoms with Crippen molar-refractivity contribution in [2.75, 3.05) is 5.32 Å². The van der Waals surface area contributed by atoms with Crippen molar-refractivity contribution in [2.45, 2.75) is 12.5 Å². The van der Waals surface area contributed by atoms with Gasteiger partial charge < -0.3 is 10.6 Å². The number of hydrogen-bond acceptors (Lipinski definition) is 3. The molecule has 1 aromatic carbocycles. The van der Waals surface area contributed by atoms with Crippen LogP contribution in [0.1, 0.15) is 6.42 Å². The highest BCUT2D eigenvalue weighted by Crippen LogP contribution is 2.06. The molecule has 1 heterocycles. The van der Waals surface area contributed by atoms with Crippen LogP contribution in [0.5, 0.6) is 0 Å². The summed E-state index contributed by atoms with van der Waals surface area (Å²) in [6, 6.07) is 7.53. The molecule has 3 N–H and O–H groups in total. The van der Waals surface area contributed by atoms with Gasteiger partial charge in [-0.1, -0.05) is 18.2 Å². The number of hydrogen-bond donors (Lipinski definition) is 3. The zero-order chi connectivity index (χ0) is 12.3. The van der Waals surface area contributed by atoms with E-state index in [1.807, 2.05) is 6.07 Å². The number of amides is 4. The number of rotatable bonds is 2. The standard InChI is InChI=1S/C11H11N3O3/c15-9-6-8(10(16)14-9)13-11(17)12-7-4-2-1-3-5-7/h1-5,8H,6H2,(H2,12,13,17)(H,14,15,16). The molecule has 6 heteroatoms. The molecule has 88 valence electrons. The highest BCUT2D eigenvalue weighted by atomic mass is 16.2. The van der Waals surface area contributed by atoms with Crippen LogP contribution >= 0.6 is 0 Å². The van der Waals surface area contributed by atoms with Crippen LogP contribution in [0.3, 0.4) is 0 Å². The van der Waals surface area contributed by atoms with E-state index in [0.717, 1.165) is 0 Å². The Hall–Kier alpha value is -2.37. The molecule has 2 rings (SSSR count). The van der Waals surface area contributed by atoms with Gasteiger partial charge in [-0.3, -0.25) is 14.9 Å². The van der Waals surface area contributed by atoms with E-state index in [4.69, 9.17) is 0 Å². The lowest BCUT2D eigenvalue weighted by atomic mass is 10.2. The molecule has 4 amide bonds. The molecule has 1 fully saturated rings. The van der Waals surface area contributed by atoms with E-state index in [1.165, 1.54) is 0 Å². The third-order valence-electron chi connectivity index (χ3n) is 2.31. The van der Waals surface area contributed by atoms with Gasteiger partial charge in [-0.15, -0.1) is 0 Å². The first-order valence-electron chi connectivity index (χ1n) is 5.11. The molecular formula is C11H11N3O3. The third kappa shape index (κ3) is 2.81. The number of benzene rings is 1. The molecule has 1 aliphatic rings. The van der Waals surface area contributed by atoms with E-state index < -0.39 is 18.0 Å². The lowest BCUT2D eigenvalue weighted by Gasteiger charge is -2.10. The summed E-state index contributed by atoms with van der Waals surface area (Å²) in [6.07, 6.45) is -0.0129. The Kier molecular flexibility index (Phi) is 3.04. The smallest absolute Gasteiger partial charge is 0.319 e. The van der Waals surface area contributed by atoms with E-state index in [-0.39, 0.29) is 12.3 Å². The Balaban J connectivity index is 1.90. The zero-order valence-electron chi connectivity index (χ0n) is 8.90. The Bertz CT molecular complexity index is 458. The molecule has 1 aromatic rings. The number of carbonyl (C=O) groups excluding carboxylic acids is 3. The van der Waals surface area contributed by atoms with Gasteiger partial charge in [0.2, 0.25) is 11.8 Å². The van der Waals surface area contributed by atoms with Crippen LogP contribution in [0.4, 0.5) is 10.5 Å². The van der Waals surface area contributed by atoms with Crippen LogP contribution in [0.15, 0.2) is 30.3 Å². The molecule has 1 aliphatic heterocycles. The van der Waals surface area contributed by atoms with Gasteiger partial charge in [-0.2, -0.15) is 0 Å². The van der Waals surface area contributed by atoms with Crippen LogP contribution < -0.4 is 16.0 Å². The summed E-state index contributed by atoms with van der Waals surface area (Å²) < 4.78 is 0. The van der Waals surface area contributed by atoms with Gasteiger partial charge in [0.05, 0.1) is 6.42 Å². The molecule has 0 aliphatic carbocycles. The molecule has 6 nitrogen and oxygen atoms in total. The van der Waals surface area contributed by atoms with E-state index >= 15 is 0 Å². The van der Waals surface area contributed by atoms with Gasteiger partial charge in [-0.25, -0.2) is 4.79 Å². The maximum absolute atomic E-state index is 11.5. The summed E-state index contributed by atoms with van der Waals surface area (Å²) in [6.45, 7) is 0. The first-order valence-corrected chi connectivity index (χ1v) is 5.11. The molecule has 1 saturated heterocycles. The second-order valence-corrected chi connectivity index (χ2v) is 3.63. The normalized spacial score (nSPS) is 18.7. The molecule has 0 bridgehead atoms.